The molecule has 1 aromatic carbocycles. The summed E-state index contributed by atoms with van der Waals surface area (Å²) in [6.07, 6.45) is 0.411. The Morgan fingerprint density at radius 1 is 1.25 bits per heavy atom. The number of fused-ring (bicyclic) bond motifs is 2. The second-order valence-corrected chi connectivity index (χ2v) is 8.60. The number of hydrogen-bond donors (Lipinski definition) is 1. The first kappa shape index (κ1) is 23.8. The number of nitrogens with zero attached hydrogens (tertiary/aromatic N) is 7. The highest BCUT2D eigenvalue weighted by molar-refractivity contribution is 5.90. The van der Waals surface area contributed by atoms with Gasteiger partial charge in [0, 0.05) is 31.7 Å². The zero-order valence-corrected chi connectivity index (χ0v) is 19.4. The van der Waals surface area contributed by atoms with E-state index < -0.39 is 19.0 Å². The van der Waals surface area contributed by atoms with Crippen LogP contribution in [0.15, 0.2) is 43.5 Å². The van der Waals surface area contributed by atoms with Gasteiger partial charge in [-0.3, -0.25) is 9.64 Å². The number of aromatic nitrogens is 6. The number of aryl methyl sites for hydroxylation is 1. The van der Waals surface area contributed by atoms with Crippen molar-refractivity contribution in [2.75, 3.05) is 25.4 Å². The average molecular weight is 496 g/mol. The van der Waals surface area contributed by atoms with Gasteiger partial charge in [-0.2, -0.15) is 5.10 Å². The fourth-order valence-electron chi connectivity index (χ4n) is 4.57. The van der Waals surface area contributed by atoms with E-state index in [0.717, 1.165) is 16.6 Å². The molecule has 1 aliphatic heterocycles. The van der Waals surface area contributed by atoms with Crippen molar-refractivity contribution in [1.29, 1.82) is 0 Å². The zero-order valence-electron chi connectivity index (χ0n) is 19.4. The standard InChI is InChI=1S/C24H23F3N8O/c1-3-8-34-11-16(10-17(34)12-36-24(25,26)27)35-23-21(22(28)29-13-30-23)18(32-35)6-4-15-5-7-20-19(9-15)31-14-33(20)2/h3,5,7,9,13-14,16-17H,1,8,10-12H2,2H3,(H2,28,29,30)/t16-,17+/m0/s1. The lowest BCUT2D eigenvalue weighted by molar-refractivity contribution is -0.327. The highest BCUT2D eigenvalue weighted by Crippen LogP contribution is 2.32. The number of rotatable bonds is 5. The van der Waals surface area contributed by atoms with Crippen molar-refractivity contribution in [3.05, 3.63) is 54.8 Å². The predicted octanol–water partition coefficient (Wildman–Crippen LogP) is 3.03. The van der Waals surface area contributed by atoms with Crippen molar-refractivity contribution < 1.29 is 17.9 Å². The Hall–Kier alpha value is -3.95. The number of ether oxygens (including phenoxy) is 1. The maximum atomic E-state index is 12.7. The molecule has 36 heavy (non-hydrogen) atoms. The van der Waals surface area contributed by atoms with Gasteiger partial charge in [0.25, 0.3) is 0 Å². The smallest absolute Gasteiger partial charge is 0.383 e. The van der Waals surface area contributed by atoms with Gasteiger partial charge >= 0.3 is 6.36 Å². The number of alkyl halides is 3. The van der Waals surface area contributed by atoms with Crippen LogP contribution in [0.2, 0.25) is 0 Å². The van der Waals surface area contributed by atoms with E-state index in [1.807, 2.05) is 34.7 Å². The Kier molecular flexibility index (Phi) is 6.11. The Morgan fingerprint density at radius 3 is 2.86 bits per heavy atom. The molecule has 5 rings (SSSR count). The Morgan fingerprint density at radius 2 is 2.08 bits per heavy atom. The molecule has 0 amide bonds. The van der Waals surface area contributed by atoms with E-state index in [2.05, 4.69) is 43.2 Å². The minimum atomic E-state index is -4.70. The largest absolute Gasteiger partial charge is 0.522 e. The summed E-state index contributed by atoms with van der Waals surface area (Å²) in [7, 11) is 1.92. The maximum Gasteiger partial charge on any atom is 0.522 e. The number of anilines is 1. The third-order valence-corrected chi connectivity index (χ3v) is 6.22. The topological polar surface area (TPSA) is 99.9 Å². The number of nitrogens with two attached hydrogens (primary N) is 1. The van der Waals surface area contributed by atoms with Gasteiger partial charge in [0.1, 0.15) is 17.8 Å². The fourth-order valence-corrected chi connectivity index (χ4v) is 4.57. The van der Waals surface area contributed by atoms with Crippen molar-refractivity contribution in [1.82, 2.24) is 34.2 Å². The number of hydrogen-bond acceptors (Lipinski definition) is 7. The van der Waals surface area contributed by atoms with Gasteiger partial charge in [0.05, 0.1) is 35.4 Å². The lowest BCUT2D eigenvalue weighted by Gasteiger charge is -2.22. The second kappa shape index (κ2) is 9.25. The molecule has 0 aliphatic carbocycles. The summed E-state index contributed by atoms with van der Waals surface area (Å²) in [5.41, 5.74) is 9.60. The van der Waals surface area contributed by atoms with Gasteiger partial charge in [-0.05, 0) is 30.5 Å². The van der Waals surface area contributed by atoms with E-state index in [9.17, 15) is 13.2 Å². The van der Waals surface area contributed by atoms with Crippen LogP contribution in [0.1, 0.15) is 23.7 Å². The van der Waals surface area contributed by atoms with E-state index in [4.69, 9.17) is 5.73 Å². The zero-order chi connectivity index (χ0) is 25.4. The van der Waals surface area contributed by atoms with E-state index in [1.165, 1.54) is 6.33 Å². The van der Waals surface area contributed by atoms with Crippen LogP contribution in [0.5, 0.6) is 0 Å². The van der Waals surface area contributed by atoms with Crippen molar-refractivity contribution in [3.8, 4) is 11.8 Å². The minimum absolute atomic E-state index is 0.230. The van der Waals surface area contributed by atoms with Gasteiger partial charge < -0.3 is 10.3 Å². The maximum absolute atomic E-state index is 12.7. The van der Waals surface area contributed by atoms with Crippen LogP contribution in [0.4, 0.5) is 19.0 Å². The first-order chi connectivity index (χ1) is 17.2. The fraction of sp³-hybridized carbons (Fsp3) is 0.333. The molecule has 4 aromatic rings. The molecule has 0 radical (unpaired) electrons. The Bertz CT molecular complexity index is 1500. The first-order valence-electron chi connectivity index (χ1n) is 11.2. The van der Waals surface area contributed by atoms with E-state index in [0.29, 0.717) is 36.2 Å². The summed E-state index contributed by atoms with van der Waals surface area (Å²) in [5.74, 6) is 6.41. The molecule has 186 valence electrons. The van der Waals surface area contributed by atoms with E-state index in [-0.39, 0.29) is 11.9 Å². The Balaban J connectivity index is 1.49. The molecular weight excluding hydrogens is 473 g/mol. The lowest BCUT2D eigenvalue weighted by Crippen LogP contribution is -2.35. The molecule has 1 fully saturated rings. The molecule has 9 nitrogen and oxygen atoms in total. The normalized spacial score (nSPS) is 18.6. The number of imidazole rings is 1. The molecule has 1 saturated heterocycles. The monoisotopic (exact) mass is 496 g/mol. The molecule has 1 aliphatic rings. The van der Waals surface area contributed by atoms with E-state index in [1.54, 1.807) is 17.1 Å². The van der Waals surface area contributed by atoms with Crippen LogP contribution in [-0.2, 0) is 11.8 Å². The molecule has 0 bridgehead atoms. The molecule has 0 saturated carbocycles. The van der Waals surface area contributed by atoms with E-state index >= 15 is 0 Å². The summed E-state index contributed by atoms with van der Waals surface area (Å²) < 4.78 is 45.8. The molecule has 3 aromatic heterocycles. The molecule has 12 heteroatoms. The summed E-state index contributed by atoms with van der Waals surface area (Å²) in [6, 6.07) is 5.00. The lowest BCUT2D eigenvalue weighted by atomic mass is 10.2. The quantitative estimate of drug-likeness (QED) is 0.335. The SMILES string of the molecule is C=CCN1C[C@@H](n2nc(C#Cc3ccc4c(c3)ncn4C)c3c(N)ncnc32)C[C@@H]1COC(F)(F)F. The molecule has 2 atom stereocenters. The molecule has 0 unspecified atom stereocenters. The second-order valence-electron chi connectivity index (χ2n) is 8.60. The number of nitrogen functional groups attached to an aromatic ring is 1. The summed E-state index contributed by atoms with van der Waals surface area (Å²) in [6.45, 7) is 4.10. The van der Waals surface area contributed by atoms with Crippen LogP contribution < -0.4 is 5.73 Å². The van der Waals surface area contributed by atoms with Crippen molar-refractivity contribution in [3.63, 3.8) is 0 Å². The first-order valence-corrected chi connectivity index (χ1v) is 11.2. The molecule has 0 spiro atoms. The average Bonchev–Trinajstić information content (AvgIpc) is 3.52. The van der Waals surface area contributed by atoms with Gasteiger partial charge in [-0.1, -0.05) is 12.0 Å². The van der Waals surface area contributed by atoms with Crippen LogP contribution >= 0.6 is 0 Å². The van der Waals surface area contributed by atoms with Crippen molar-refractivity contribution in [2.45, 2.75) is 24.9 Å². The van der Waals surface area contributed by atoms with Crippen molar-refractivity contribution in [2.24, 2.45) is 7.05 Å². The van der Waals surface area contributed by atoms with Gasteiger partial charge in [-0.25, -0.2) is 19.6 Å². The van der Waals surface area contributed by atoms with Gasteiger partial charge in [0.15, 0.2) is 5.65 Å². The number of halogens is 3. The van der Waals surface area contributed by atoms with Gasteiger partial charge in [0.2, 0.25) is 0 Å². The Labute approximate surface area is 204 Å². The number of benzene rings is 1. The summed E-state index contributed by atoms with van der Waals surface area (Å²) in [4.78, 5) is 14.7. The number of likely N-dealkylation sites (tertiary alicyclic amines) is 1. The van der Waals surface area contributed by atoms with Crippen LogP contribution in [0, 0.1) is 11.8 Å². The minimum Gasteiger partial charge on any atom is -0.383 e. The van der Waals surface area contributed by atoms with Crippen LogP contribution in [-0.4, -0.2) is 66.3 Å². The third kappa shape index (κ3) is 4.62. The third-order valence-electron chi connectivity index (χ3n) is 6.22. The highest BCUT2D eigenvalue weighted by atomic mass is 19.4. The van der Waals surface area contributed by atoms with Crippen molar-refractivity contribution >= 4 is 27.9 Å². The molecule has 2 N–H and O–H groups in total. The summed E-state index contributed by atoms with van der Waals surface area (Å²) in [5, 5.41) is 5.19. The molecule has 4 heterocycles. The highest BCUT2D eigenvalue weighted by Gasteiger charge is 2.38. The van der Waals surface area contributed by atoms with Crippen LogP contribution in [0.3, 0.4) is 0 Å². The predicted molar refractivity (Wildman–Crippen MR) is 128 cm³/mol. The summed E-state index contributed by atoms with van der Waals surface area (Å²) >= 11 is 0. The molecular formula is C24H23F3N8O. The van der Waals surface area contributed by atoms with Crippen LogP contribution in [0.25, 0.3) is 22.1 Å². The van der Waals surface area contributed by atoms with Gasteiger partial charge in [-0.15, -0.1) is 19.8 Å².